The molecular formula is C28H22Cl2N2O5. The fourth-order valence-corrected chi connectivity index (χ4v) is 7.22. The van der Waals surface area contributed by atoms with E-state index in [9.17, 15) is 14.4 Å². The number of likely N-dealkylation sites (tertiary alicyclic amines) is 1. The van der Waals surface area contributed by atoms with Crippen molar-refractivity contribution >= 4 is 46.6 Å². The van der Waals surface area contributed by atoms with Gasteiger partial charge in [-0.15, -0.1) is 23.2 Å². The van der Waals surface area contributed by atoms with E-state index >= 15 is 0 Å². The number of ether oxygens (including phenoxy) is 2. The molecule has 0 unspecified atom stereocenters. The van der Waals surface area contributed by atoms with Crippen LogP contribution in [0.25, 0.3) is 0 Å². The zero-order chi connectivity index (χ0) is 26.1. The van der Waals surface area contributed by atoms with Crippen LogP contribution in [-0.4, -0.2) is 43.4 Å². The third-order valence-electron chi connectivity index (χ3n) is 7.66. The molecule has 3 aromatic carbocycles. The van der Waals surface area contributed by atoms with E-state index in [2.05, 4.69) is 5.32 Å². The summed E-state index contributed by atoms with van der Waals surface area (Å²) in [7, 11) is 2.98. The van der Waals surface area contributed by atoms with Gasteiger partial charge in [-0.2, -0.15) is 0 Å². The quantitative estimate of drug-likeness (QED) is 0.389. The van der Waals surface area contributed by atoms with E-state index in [-0.39, 0.29) is 0 Å². The van der Waals surface area contributed by atoms with Crippen molar-refractivity contribution in [2.24, 2.45) is 11.8 Å². The Labute approximate surface area is 223 Å². The number of imide groups is 1. The molecule has 3 aromatic rings. The lowest BCUT2D eigenvalue weighted by Crippen LogP contribution is -2.57. The molecular weight excluding hydrogens is 515 g/mol. The van der Waals surface area contributed by atoms with Gasteiger partial charge in [-0.1, -0.05) is 48.5 Å². The topological polar surface area (TPSA) is 84.9 Å². The van der Waals surface area contributed by atoms with E-state index in [0.717, 1.165) is 4.90 Å². The summed E-state index contributed by atoms with van der Waals surface area (Å²) in [5.74, 6) is -2.60. The summed E-state index contributed by atoms with van der Waals surface area (Å²) in [5, 5.41) is 2.72. The van der Waals surface area contributed by atoms with Crippen molar-refractivity contribution in [3.63, 3.8) is 0 Å². The molecule has 9 heteroatoms. The first-order valence-electron chi connectivity index (χ1n) is 11.7. The van der Waals surface area contributed by atoms with Gasteiger partial charge in [0.1, 0.15) is 27.8 Å². The Hall–Kier alpha value is -3.55. The zero-order valence-electron chi connectivity index (χ0n) is 20.0. The zero-order valence-corrected chi connectivity index (χ0v) is 21.5. The Kier molecular flexibility index (Phi) is 5.30. The summed E-state index contributed by atoms with van der Waals surface area (Å²) < 4.78 is 10.5. The Bertz CT molecular complexity index is 1370. The molecule has 1 fully saturated rings. The summed E-state index contributed by atoms with van der Waals surface area (Å²) in [6, 6.07) is 19.7. The van der Waals surface area contributed by atoms with Crippen LogP contribution in [-0.2, 0) is 24.1 Å². The number of hydrogen-bond donors (Lipinski definition) is 1. The molecule has 3 aliphatic carbocycles. The van der Waals surface area contributed by atoms with Crippen LogP contribution in [0.4, 0.5) is 5.69 Å². The fraction of sp³-hybridized carbons (Fsp3) is 0.250. The Morgan fingerprint density at radius 1 is 0.838 bits per heavy atom. The van der Waals surface area contributed by atoms with Crippen LogP contribution in [0.5, 0.6) is 11.5 Å². The number of anilines is 1. The highest BCUT2D eigenvalue weighted by molar-refractivity contribution is 6.36. The number of halogens is 2. The molecule has 1 aliphatic heterocycles. The van der Waals surface area contributed by atoms with E-state index in [1.165, 1.54) is 14.2 Å². The highest BCUT2D eigenvalue weighted by Crippen LogP contribution is 2.69. The second kappa shape index (κ2) is 8.23. The first-order valence-corrected chi connectivity index (χ1v) is 12.5. The molecule has 0 radical (unpaired) electrons. The Morgan fingerprint density at radius 2 is 1.32 bits per heavy atom. The number of amides is 3. The molecule has 0 spiro atoms. The molecule has 0 saturated carbocycles. The Balaban J connectivity index is 1.39. The summed E-state index contributed by atoms with van der Waals surface area (Å²) in [6.45, 7) is -0.488. The number of rotatable bonds is 5. The number of carbonyl (C=O) groups excluding carboxylic acids is 3. The van der Waals surface area contributed by atoms with Crippen molar-refractivity contribution in [2.45, 2.75) is 9.75 Å². The van der Waals surface area contributed by atoms with Gasteiger partial charge in [0.25, 0.3) is 0 Å². The van der Waals surface area contributed by atoms with Gasteiger partial charge in [0.05, 0.1) is 31.7 Å². The first kappa shape index (κ1) is 23.8. The van der Waals surface area contributed by atoms with Gasteiger partial charge in [-0.3, -0.25) is 19.3 Å². The van der Waals surface area contributed by atoms with Gasteiger partial charge >= 0.3 is 0 Å². The van der Waals surface area contributed by atoms with Gasteiger partial charge in [0, 0.05) is 6.07 Å². The van der Waals surface area contributed by atoms with Crippen molar-refractivity contribution in [3.05, 3.63) is 89.0 Å². The summed E-state index contributed by atoms with van der Waals surface area (Å²) >= 11 is 14.8. The minimum Gasteiger partial charge on any atom is -0.497 e. The van der Waals surface area contributed by atoms with Gasteiger partial charge in [-0.05, 0) is 34.4 Å². The molecule has 0 aromatic heterocycles. The molecule has 3 amide bonds. The first-order chi connectivity index (χ1) is 17.8. The van der Waals surface area contributed by atoms with Crippen LogP contribution in [0.15, 0.2) is 66.7 Å². The SMILES string of the molecule is COc1ccc(OC)c(NC(=O)CN2C(=O)[C@@H]3[C@H](C2=O)C2(Cl)c4ccccc4C3(Cl)c3ccccc32)c1. The third kappa shape index (κ3) is 3.04. The predicted molar refractivity (Wildman–Crippen MR) is 138 cm³/mol. The summed E-state index contributed by atoms with van der Waals surface area (Å²) in [5.41, 5.74) is 3.19. The van der Waals surface area contributed by atoms with E-state index in [1.54, 1.807) is 18.2 Å². The highest BCUT2D eigenvalue weighted by atomic mass is 35.5. The third-order valence-corrected chi connectivity index (χ3v) is 8.94. The van der Waals surface area contributed by atoms with Gasteiger partial charge in [0.2, 0.25) is 17.7 Å². The van der Waals surface area contributed by atoms with Gasteiger partial charge in [-0.25, -0.2) is 0 Å². The summed E-state index contributed by atoms with van der Waals surface area (Å²) in [4.78, 5) is 39.2. The number of carbonyl (C=O) groups is 3. The van der Waals surface area contributed by atoms with Crippen LogP contribution < -0.4 is 14.8 Å². The minimum atomic E-state index is -1.29. The monoisotopic (exact) mass is 536 g/mol. The number of benzene rings is 3. The molecule has 2 bridgehead atoms. The molecule has 4 aliphatic rings. The largest absolute Gasteiger partial charge is 0.497 e. The molecule has 7 rings (SSSR count). The number of methoxy groups -OCH3 is 2. The number of nitrogens with zero attached hydrogens (tertiary/aromatic N) is 1. The van der Waals surface area contributed by atoms with Crippen LogP contribution in [0.3, 0.4) is 0 Å². The van der Waals surface area contributed by atoms with Crippen molar-refractivity contribution in [2.75, 3.05) is 26.1 Å². The van der Waals surface area contributed by atoms with E-state index in [1.807, 2.05) is 48.5 Å². The number of alkyl halides is 2. The maximum Gasteiger partial charge on any atom is 0.244 e. The van der Waals surface area contributed by atoms with E-state index in [0.29, 0.717) is 39.4 Å². The molecule has 1 N–H and O–H groups in total. The smallest absolute Gasteiger partial charge is 0.244 e. The average Bonchev–Trinajstić information content (AvgIpc) is 3.17. The molecule has 188 valence electrons. The van der Waals surface area contributed by atoms with Crippen LogP contribution in [0.1, 0.15) is 22.3 Å². The van der Waals surface area contributed by atoms with Crippen molar-refractivity contribution in [1.82, 2.24) is 4.90 Å². The standard InChI is InChI=1S/C28H22Cl2N2O5/c1-36-15-11-12-21(37-2)20(13-15)31-22(33)14-32-25(34)23-24(26(32)35)28(30)17-8-4-3-7-16(17)27(23,29)18-9-5-6-10-19(18)28/h3-13,23-24H,14H2,1-2H3,(H,31,33)/t23-,24+,27?,28?. The second-order valence-corrected chi connectivity index (χ2v) is 10.5. The van der Waals surface area contributed by atoms with E-state index < -0.39 is 45.9 Å². The van der Waals surface area contributed by atoms with Crippen molar-refractivity contribution < 1.29 is 23.9 Å². The normalized spacial score (nSPS) is 26.9. The highest BCUT2D eigenvalue weighted by Gasteiger charge is 2.73. The number of nitrogens with one attached hydrogen (secondary N) is 1. The molecule has 1 saturated heterocycles. The molecule has 2 atom stereocenters. The van der Waals surface area contributed by atoms with Crippen LogP contribution in [0, 0.1) is 11.8 Å². The summed E-state index contributed by atoms with van der Waals surface area (Å²) in [6.07, 6.45) is 0. The van der Waals surface area contributed by atoms with Gasteiger partial charge < -0.3 is 14.8 Å². The van der Waals surface area contributed by atoms with Crippen molar-refractivity contribution in [3.8, 4) is 11.5 Å². The lowest BCUT2D eigenvalue weighted by molar-refractivity contribution is -0.142. The predicted octanol–water partition coefficient (Wildman–Crippen LogP) is 4.24. The number of hydrogen-bond acceptors (Lipinski definition) is 5. The second-order valence-electron chi connectivity index (χ2n) is 9.35. The molecule has 37 heavy (non-hydrogen) atoms. The lowest BCUT2D eigenvalue weighted by Gasteiger charge is -2.54. The van der Waals surface area contributed by atoms with E-state index in [4.69, 9.17) is 32.7 Å². The Morgan fingerprint density at radius 3 is 1.76 bits per heavy atom. The van der Waals surface area contributed by atoms with Gasteiger partial charge in [0.15, 0.2) is 0 Å². The van der Waals surface area contributed by atoms with Crippen molar-refractivity contribution in [1.29, 1.82) is 0 Å². The fourth-order valence-electron chi connectivity index (χ4n) is 6.13. The van der Waals surface area contributed by atoms with Crippen LogP contribution in [0.2, 0.25) is 0 Å². The molecule has 1 heterocycles. The lowest BCUT2D eigenvalue weighted by atomic mass is 9.54. The average molecular weight is 537 g/mol. The minimum absolute atomic E-state index is 0.353. The maximum absolute atomic E-state index is 13.9. The van der Waals surface area contributed by atoms with Crippen LogP contribution >= 0.6 is 23.2 Å². The molecule has 7 nitrogen and oxygen atoms in total. The maximum atomic E-state index is 13.9.